The van der Waals surface area contributed by atoms with Crippen molar-refractivity contribution in [1.82, 2.24) is 0 Å². The number of ether oxygens (including phenoxy) is 2. The van der Waals surface area contributed by atoms with Gasteiger partial charge in [0.15, 0.2) is 11.5 Å². The Morgan fingerprint density at radius 3 is 2.71 bits per heavy atom. The molecule has 0 aliphatic carbocycles. The summed E-state index contributed by atoms with van der Waals surface area (Å²) in [6.07, 6.45) is 0.627. The standard InChI is InChI=1S/C19H20BrNO3/c1-4-24-18-15(20)10-12(11-17(18)23-3)9-14-13-7-5-6-8-16(13)21(2)19(14)22/h5-8,10-11,14H,4,9H2,1-3H3/t14-/m1/s1. The normalized spacial score (nSPS) is 16.2. The number of hydrogen-bond acceptors (Lipinski definition) is 3. The number of para-hydroxylation sites is 1. The second-order valence-electron chi connectivity index (χ2n) is 5.75. The van der Waals surface area contributed by atoms with Gasteiger partial charge in [0.2, 0.25) is 5.91 Å². The Kier molecular flexibility index (Phi) is 4.81. The van der Waals surface area contributed by atoms with E-state index in [9.17, 15) is 4.79 Å². The molecule has 4 nitrogen and oxygen atoms in total. The van der Waals surface area contributed by atoms with Crippen LogP contribution in [-0.2, 0) is 11.2 Å². The van der Waals surface area contributed by atoms with E-state index < -0.39 is 0 Å². The number of likely N-dealkylation sites (N-methyl/N-ethyl adjacent to an activating group) is 1. The molecule has 0 N–H and O–H groups in total. The molecule has 0 fully saturated rings. The minimum Gasteiger partial charge on any atom is -0.493 e. The van der Waals surface area contributed by atoms with Crippen LogP contribution in [0.2, 0.25) is 0 Å². The fraction of sp³-hybridized carbons (Fsp3) is 0.316. The average Bonchev–Trinajstić information content (AvgIpc) is 2.82. The van der Waals surface area contributed by atoms with Gasteiger partial charge in [-0.1, -0.05) is 18.2 Å². The number of halogens is 1. The Balaban J connectivity index is 1.94. The molecule has 0 saturated carbocycles. The average molecular weight is 390 g/mol. The van der Waals surface area contributed by atoms with Crippen molar-refractivity contribution in [3.63, 3.8) is 0 Å². The van der Waals surface area contributed by atoms with Crippen LogP contribution in [0.4, 0.5) is 5.69 Å². The van der Waals surface area contributed by atoms with Crippen molar-refractivity contribution < 1.29 is 14.3 Å². The third-order valence-electron chi connectivity index (χ3n) is 4.32. The summed E-state index contributed by atoms with van der Waals surface area (Å²) in [5, 5.41) is 0. The molecule has 0 radical (unpaired) electrons. The van der Waals surface area contributed by atoms with Crippen LogP contribution >= 0.6 is 15.9 Å². The Morgan fingerprint density at radius 1 is 1.25 bits per heavy atom. The first-order chi connectivity index (χ1) is 11.6. The number of hydrogen-bond donors (Lipinski definition) is 0. The second kappa shape index (κ2) is 6.85. The SMILES string of the molecule is CCOc1c(Br)cc(C[C@H]2C(=O)N(C)c3ccccc32)cc1OC. The molecule has 126 valence electrons. The lowest BCUT2D eigenvalue weighted by Crippen LogP contribution is -2.24. The molecule has 1 heterocycles. The quantitative estimate of drug-likeness (QED) is 0.770. The van der Waals surface area contributed by atoms with Gasteiger partial charge in [-0.05, 0) is 58.6 Å². The largest absolute Gasteiger partial charge is 0.493 e. The Labute approximate surface area is 150 Å². The lowest BCUT2D eigenvalue weighted by Gasteiger charge is -2.15. The summed E-state index contributed by atoms with van der Waals surface area (Å²) in [4.78, 5) is 14.4. The summed E-state index contributed by atoms with van der Waals surface area (Å²) < 4.78 is 11.9. The van der Waals surface area contributed by atoms with Gasteiger partial charge in [-0.3, -0.25) is 4.79 Å². The van der Waals surface area contributed by atoms with E-state index in [0.29, 0.717) is 24.5 Å². The highest BCUT2D eigenvalue weighted by molar-refractivity contribution is 9.10. The highest BCUT2D eigenvalue weighted by Crippen LogP contribution is 2.41. The maximum atomic E-state index is 12.6. The Morgan fingerprint density at radius 2 is 2.00 bits per heavy atom. The first-order valence-corrected chi connectivity index (χ1v) is 8.71. The molecule has 1 amide bonds. The molecular formula is C19H20BrNO3. The number of carbonyl (C=O) groups excluding carboxylic acids is 1. The van der Waals surface area contributed by atoms with Gasteiger partial charge in [0.25, 0.3) is 0 Å². The summed E-state index contributed by atoms with van der Waals surface area (Å²) in [6, 6.07) is 11.9. The molecule has 0 spiro atoms. The number of rotatable bonds is 5. The smallest absolute Gasteiger partial charge is 0.234 e. The van der Waals surface area contributed by atoms with Crippen LogP contribution in [-0.4, -0.2) is 26.7 Å². The van der Waals surface area contributed by atoms with E-state index in [1.807, 2.05) is 50.4 Å². The van der Waals surface area contributed by atoms with E-state index in [1.54, 1.807) is 12.0 Å². The van der Waals surface area contributed by atoms with Gasteiger partial charge in [-0.25, -0.2) is 0 Å². The third-order valence-corrected chi connectivity index (χ3v) is 4.91. The minimum atomic E-state index is -0.166. The monoisotopic (exact) mass is 389 g/mol. The third kappa shape index (κ3) is 2.88. The van der Waals surface area contributed by atoms with Crippen molar-refractivity contribution >= 4 is 27.5 Å². The van der Waals surface area contributed by atoms with Crippen LogP contribution in [0.15, 0.2) is 40.9 Å². The summed E-state index contributed by atoms with van der Waals surface area (Å²) in [7, 11) is 3.45. The zero-order valence-corrected chi connectivity index (χ0v) is 15.6. The fourth-order valence-electron chi connectivity index (χ4n) is 3.18. The van der Waals surface area contributed by atoms with E-state index in [0.717, 1.165) is 21.3 Å². The summed E-state index contributed by atoms with van der Waals surface area (Å²) in [5.74, 6) is 1.33. The number of methoxy groups -OCH3 is 1. The van der Waals surface area contributed by atoms with Crippen molar-refractivity contribution in [2.24, 2.45) is 0 Å². The predicted molar refractivity (Wildman–Crippen MR) is 98.2 cm³/mol. The van der Waals surface area contributed by atoms with Crippen molar-refractivity contribution in [2.75, 3.05) is 25.7 Å². The zero-order valence-electron chi connectivity index (χ0n) is 14.0. The molecule has 0 saturated heterocycles. The van der Waals surface area contributed by atoms with Crippen LogP contribution in [0.5, 0.6) is 11.5 Å². The molecule has 2 aromatic carbocycles. The van der Waals surface area contributed by atoms with Gasteiger partial charge < -0.3 is 14.4 Å². The zero-order chi connectivity index (χ0) is 17.3. The van der Waals surface area contributed by atoms with Gasteiger partial charge in [-0.15, -0.1) is 0 Å². The van der Waals surface area contributed by atoms with Gasteiger partial charge in [0, 0.05) is 12.7 Å². The number of carbonyl (C=O) groups is 1. The molecule has 24 heavy (non-hydrogen) atoms. The topological polar surface area (TPSA) is 38.8 Å². The number of fused-ring (bicyclic) bond motifs is 1. The number of nitrogens with zero attached hydrogens (tertiary/aromatic N) is 1. The molecule has 0 aromatic heterocycles. The number of amides is 1. The predicted octanol–water partition coefficient (Wildman–Crippen LogP) is 4.16. The van der Waals surface area contributed by atoms with Crippen LogP contribution in [0.3, 0.4) is 0 Å². The van der Waals surface area contributed by atoms with E-state index in [1.165, 1.54) is 0 Å². The van der Waals surface area contributed by atoms with Crippen LogP contribution in [0.1, 0.15) is 24.0 Å². The minimum absolute atomic E-state index is 0.125. The fourth-order valence-corrected chi connectivity index (χ4v) is 3.79. The molecule has 1 aliphatic heterocycles. The maximum absolute atomic E-state index is 12.6. The molecule has 0 bridgehead atoms. The van der Waals surface area contributed by atoms with Crippen LogP contribution in [0, 0.1) is 0 Å². The highest BCUT2D eigenvalue weighted by Gasteiger charge is 2.34. The number of benzene rings is 2. The molecule has 3 rings (SSSR count). The van der Waals surface area contributed by atoms with Crippen LogP contribution < -0.4 is 14.4 Å². The van der Waals surface area contributed by atoms with Crippen molar-refractivity contribution in [3.05, 3.63) is 52.0 Å². The van der Waals surface area contributed by atoms with Crippen molar-refractivity contribution in [2.45, 2.75) is 19.3 Å². The Bertz CT molecular complexity index is 775. The maximum Gasteiger partial charge on any atom is 0.234 e. The molecular weight excluding hydrogens is 370 g/mol. The summed E-state index contributed by atoms with van der Waals surface area (Å²) in [5.41, 5.74) is 3.10. The molecule has 2 aromatic rings. The molecule has 5 heteroatoms. The highest BCUT2D eigenvalue weighted by atomic mass is 79.9. The molecule has 1 aliphatic rings. The van der Waals surface area contributed by atoms with Crippen molar-refractivity contribution in [1.29, 1.82) is 0 Å². The van der Waals surface area contributed by atoms with E-state index >= 15 is 0 Å². The summed E-state index contributed by atoms with van der Waals surface area (Å²) >= 11 is 3.55. The first-order valence-electron chi connectivity index (χ1n) is 7.92. The van der Waals surface area contributed by atoms with E-state index in [2.05, 4.69) is 15.9 Å². The van der Waals surface area contributed by atoms with Gasteiger partial charge in [0.1, 0.15) is 0 Å². The number of anilines is 1. The van der Waals surface area contributed by atoms with Crippen molar-refractivity contribution in [3.8, 4) is 11.5 Å². The molecule has 0 unspecified atom stereocenters. The van der Waals surface area contributed by atoms with E-state index in [-0.39, 0.29) is 11.8 Å². The Hall–Kier alpha value is -2.01. The van der Waals surface area contributed by atoms with Gasteiger partial charge >= 0.3 is 0 Å². The van der Waals surface area contributed by atoms with Gasteiger partial charge in [-0.2, -0.15) is 0 Å². The second-order valence-corrected chi connectivity index (χ2v) is 6.61. The van der Waals surface area contributed by atoms with Crippen LogP contribution in [0.25, 0.3) is 0 Å². The first kappa shape index (κ1) is 16.8. The lowest BCUT2D eigenvalue weighted by atomic mass is 9.93. The van der Waals surface area contributed by atoms with E-state index in [4.69, 9.17) is 9.47 Å². The van der Waals surface area contributed by atoms with Gasteiger partial charge in [0.05, 0.1) is 24.1 Å². The molecule has 1 atom stereocenters. The lowest BCUT2D eigenvalue weighted by molar-refractivity contribution is -0.119. The summed E-state index contributed by atoms with van der Waals surface area (Å²) in [6.45, 7) is 2.50.